The van der Waals surface area contributed by atoms with Crippen LogP contribution in [0.1, 0.15) is 78.6 Å². The standard InChI is InChI=1S/C27H35N7S/c1-15(2)22-23(21-13-34-26(28-14-29-34)17(4)16(21)3)31-32-24(22)27-30-18(5)25(35-27)20-8-10-33(11-9-20)12-19-6-7-19/h13-15,19-20H,6-12H2,1-5H3,(H,31,32). The lowest BCUT2D eigenvalue weighted by Gasteiger charge is -2.31. The molecule has 0 aromatic carbocycles. The average Bonchev–Trinajstić information content (AvgIpc) is 3.22. The fourth-order valence-corrected chi connectivity index (χ4v) is 6.90. The highest BCUT2D eigenvalue weighted by atomic mass is 32.1. The number of nitrogens with one attached hydrogen (secondary N) is 1. The Kier molecular flexibility index (Phi) is 5.76. The second-order valence-electron chi connectivity index (χ2n) is 10.8. The molecule has 5 heterocycles. The summed E-state index contributed by atoms with van der Waals surface area (Å²) >= 11 is 1.87. The lowest BCUT2D eigenvalue weighted by Crippen LogP contribution is -2.34. The lowest BCUT2D eigenvalue weighted by atomic mass is 9.94. The lowest BCUT2D eigenvalue weighted by molar-refractivity contribution is 0.205. The number of aromatic nitrogens is 6. The molecule has 4 aromatic heterocycles. The van der Waals surface area contributed by atoms with Crippen LogP contribution in [0.25, 0.3) is 27.6 Å². The van der Waals surface area contributed by atoms with Gasteiger partial charge in [-0.25, -0.2) is 14.5 Å². The van der Waals surface area contributed by atoms with E-state index in [0.717, 1.165) is 39.1 Å². The molecule has 6 rings (SSSR count). The molecule has 2 fully saturated rings. The normalized spacial score (nSPS) is 17.8. The van der Waals surface area contributed by atoms with Gasteiger partial charge in [-0.3, -0.25) is 5.10 Å². The molecule has 2 aliphatic rings. The second kappa shape index (κ2) is 8.82. The predicted octanol–water partition coefficient (Wildman–Crippen LogP) is 5.88. The maximum atomic E-state index is 5.07. The molecule has 0 bridgehead atoms. The van der Waals surface area contributed by atoms with Gasteiger partial charge in [0.2, 0.25) is 0 Å². The number of pyridine rings is 1. The van der Waals surface area contributed by atoms with Crippen molar-refractivity contribution in [2.75, 3.05) is 19.6 Å². The van der Waals surface area contributed by atoms with E-state index in [1.165, 1.54) is 67.0 Å². The van der Waals surface area contributed by atoms with Gasteiger partial charge in [0.25, 0.3) is 0 Å². The Morgan fingerprint density at radius 3 is 2.57 bits per heavy atom. The van der Waals surface area contributed by atoms with Crippen LogP contribution in [0, 0.1) is 26.7 Å². The summed E-state index contributed by atoms with van der Waals surface area (Å²) in [5, 5.41) is 13.7. The zero-order valence-corrected chi connectivity index (χ0v) is 22.2. The summed E-state index contributed by atoms with van der Waals surface area (Å²) in [5.41, 5.74) is 8.81. The van der Waals surface area contributed by atoms with E-state index in [4.69, 9.17) is 10.1 Å². The number of fused-ring (bicyclic) bond motifs is 1. The fraction of sp³-hybridized carbons (Fsp3) is 0.556. The quantitative estimate of drug-likeness (QED) is 0.366. The summed E-state index contributed by atoms with van der Waals surface area (Å²) in [6.45, 7) is 14.7. The summed E-state index contributed by atoms with van der Waals surface area (Å²) in [4.78, 5) is 13.6. The van der Waals surface area contributed by atoms with Crippen LogP contribution in [0.2, 0.25) is 0 Å². The van der Waals surface area contributed by atoms with Gasteiger partial charge >= 0.3 is 0 Å². The number of aromatic amines is 1. The zero-order chi connectivity index (χ0) is 24.3. The molecule has 35 heavy (non-hydrogen) atoms. The molecule has 1 saturated carbocycles. The van der Waals surface area contributed by atoms with Crippen LogP contribution in [0.4, 0.5) is 0 Å². The first-order valence-corrected chi connectivity index (χ1v) is 13.8. The molecule has 1 aliphatic carbocycles. The van der Waals surface area contributed by atoms with Crippen molar-refractivity contribution in [2.45, 2.75) is 72.1 Å². The van der Waals surface area contributed by atoms with E-state index in [1.54, 1.807) is 6.33 Å². The largest absolute Gasteiger partial charge is 0.303 e. The number of hydrogen-bond acceptors (Lipinski definition) is 6. The third-order valence-electron chi connectivity index (χ3n) is 7.98. The summed E-state index contributed by atoms with van der Waals surface area (Å²) in [7, 11) is 0. The summed E-state index contributed by atoms with van der Waals surface area (Å²) < 4.78 is 1.86. The first-order chi connectivity index (χ1) is 16.9. The van der Waals surface area contributed by atoms with Gasteiger partial charge in [0.15, 0.2) is 5.65 Å². The first-order valence-electron chi connectivity index (χ1n) is 13.0. The Balaban J connectivity index is 1.33. The number of rotatable bonds is 6. The van der Waals surface area contributed by atoms with Gasteiger partial charge < -0.3 is 4.90 Å². The van der Waals surface area contributed by atoms with E-state index in [9.17, 15) is 0 Å². The molecule has 1 aliphatic heterocycles. The number of aryl methyl sites for hydroxylation is 2. The Bertz CT molecular complexity index is 1370. The molecule has 0 amide bonds. The molecular weight excluding hydrogens is 454 g/mol. The van der Waals surface area contributed by atoms with Crippen molar-refractivity contribution in [3.8, 4) is 22.0 Å². The molecule has 0 spiro atoms. The second-order valence-corrected chi connectivity index (χ2v) is 11.9. The van der Waals surface area contributed by atoms with Gasteiger partial charge in [0.05, 0.1) is 17.1 Å². The molecular formula is C27H35N7S. The fourth-order valence-electron chi connectivity index (χ4n) is 5.66. The molecule has 4 aromatic rings. The number of H-pyrrole nitrogens is 1. The van der Waals surface area contributed by atoms with Gasteiger partial charge in [0.1, 0.15) is 11.3 Å². The molecule has 0 atom stereocenters. The minimum Gasteiger partial charge on any atom is -0.303 e. The van der Waals surface area contributed by atoms with Crippen molar-refractivity contribution in [3.63, 3.8) is 0 Å². The van der Waals surface area contributed by atoms with E-state index < -0.39 is 0 Å². The van der Waals surface area contributed by atoms with Crippen LogP contribution in [0.3, 0.4) is 0 Å². The molecule has 7 nitrogen and oxygen atoms in total. The van der Waals surface area contributed by atoms with E-state index in [2.05, 4.69) is 60.9 Å². The third-order valence-corrected chi connectivity index (χ3v) is 9.32. The summed E-state index contributed by atoms with van der Waals surface area (Å²) in [5.74, 6) is 1.91. The number of hydrogen-bond donors (Lipinski definition) is 1. The van der Waals surface area contributed by atoms with Crippen LogP contribution in [-0.2, 0) is 0 Å². The van der Waals surface area contributed by atoms with Crippen molar-refractivity contribution in [3.05, 3.63) is 39.8 Å². The molecule has 1 saturated heterocycles. The van der Waals surface area contributed by atoms with E-state index >= 15 is 0 Å². The molecule has 0 unspecified atom stereocenters. The van der Waals surface area contributed by atoms with E-state index in [1.807, 2.05) is 15.9 Å². The van der Waals surface area contributed by atoms with Crippen LogP contribution in [0.15, 0.2) is 12.5 Å². The monoisotopic (exact) mass is 489 g/mol. The van der Waals surface area contributed by atoms with Gasteiger partial charge in [0, 0.05) is 28.7 Å². The number of likely N-dealkylation sites (tertiary alicyclic amines) is 1. The number of piperidine rings is 1. The Labute approximate surface area is 211 Å². The highest BCUT2D eigenvalue weighted by Crippen LogP contribution is 2.42. The minimum absolute atomic E-state index is 0.309. The highest BCUT2D eigenvalue weighted by molar-refractivity contribution is 7.15. The molecule has 184 valence electrons. The van der Waals surface area contributed by atoms with Crippen molar-refractivity contribution < 1.29 is 0 Å². The van der Waals surface area contributed by atoms with Gasteiger partial charge in [-0.05, 0) is 88.4 Å². The average molecular weight is 490 g/mol. The predicted molar refractivity (Wildman–Crippen MR) is 141 cm³/mol. The summed E-state index contributed by atoms with van der Waals surface area (Å²) in [6.07, 6.45) is 9.04. The van der Waals surface area contributed by atoms with Crippen LogP contribution >= 0.6 is 11.3 Å². The van der Waals surface area contributed by atoms with Crippen molar-refractivity contribution >= 4 is 17.0 Å². The van der Waals surface area contributed by atoms with E-state index in [0.29, 0.717) is 11.8 Å². The summed E-state index contributed by atoms with van der Waals surface area (Å²) in [6, 6.07) is 0. The van der Waals surface area contributed by atoms with Crippen molar-refractivity contribution in [1.29, 1.82) is 0 Å². The van der Waals surface area contributed by atoms with Crippen molar-refractivity contribution in [1.82, 2.24) is 34.7 Å². The van der Waals surface area contributed by atoms with Gasteiger partial charge in [-0.15, -0.1) is 11.3 Å². The van der Waals surface area contributed by atoms with Gasteiger partial charge in [-0.2, -0.15) is 10.2 Å². The maximum absolute atomic E-state index is 5.07. The highest BCUT2D eigenvalue weighted by Gasteiger charge is 2.30. The Morgan fingerprint density at radius 1 is 1.09 bits per heavy atom. The molecule has 1 N–H and O–H groups in total. The van der Waals surface area contributed by atoms with E-state index in [-0.39, 0.29) is 0 Å². The zero-order valence-electron chi connectivity index (χ0n) is 21.4. The number of thiazole rings is 1. The van der Waals surface area contributed by atoms with Gasteiger partial charge in [-0.1, -0.05) is 13.8 Å². The minimum atomic E-state index is 0.309. The topological polar surface area (TPSA) is 75.0 Å². The SMILES string of the molecule is Cc1nc(-c2[nH]nc(-c3cn4ncnc4c(C)c3C)c2C(C)C)sc1C1CCN(CC2CC2)CC1. The maximum Gasteiger partial charge on any atom is 0.158 e. The molecule has 8 heteroatoms. The molecule has 0 radical (unpaired) electrons. The Hall–Kier alpha value is -2.58. The number of nitrogens with zero attached hydrogens (tertiary/aromatic N) is 6. The van der Waals surface area contributed by atoms with Crippen LogP contribution in [0.5, 0.6) is 0 Å². The Morgan fingerprint density at radius 2 is 1.86 bits per heavy atom. The first kappa shape index (κ1) is 22.9. The van der Waals surface area contributed by atoms with Crippen LogP contribution in [-0.4, -0.2) is 54.3 Å². The van der Waals surface area contributed by atoms with Crippen molar-refractivity contribution in [2.24, 2.45) is 5.92 Å². The third kappa shape index (κ3) is 4.10. The smallest absolute Gasteiger partial charge is 0.158 e. The van der Waals surface area contributed by atoms with Crippen LogP contribution < -0.4 is 0 Å².